The van der Waals surface area contributed by atoms with Gasteiger partial charge in [-0.3, -0.25) is 4.98 Å². The largest absolute Gasteiger partial charge is 0.506 e. The lowest BCUT2D eigenvalue weighted by Crippen LogP contribution is -2.30. The normalized spacial score (nSPS) is 22.2. The van der Waals surface area contributed by atoms with Gasteiger partial charge in [0.05, 0.1) is 16.7 Å². The van der Waals surface area contributed by atoms with Crippen molar-refractivity contribution in [3.8, 4) is 5.75 Å². The number of aryl methyl sites for hydroxylation is 1. The Bertz CT molecular complexity index is 528. The number of aromatic nitrogens is 1. The van der Waals surface area contributed by atoms with E-state index in [1.165, 1.54) is 0 Å². The monoisotopic (exact) mass is 270 g/mol. The number of sulfone groups is 1. The lowest BCUT2D eigenvalue weighted by atomic mass is 10.2. The number of hydrogen-bond donors (Lipinski definition) is 2. The highest BCUT2D eigenvalue weighted by molar-refractivity contribution is 7.92. The van der Waals surface area contributed by atoms with Gasteiger partial charge in [0.25, 0.3) is 0 Å². The molecule has 0 aliphatic carbocycles. The fraction of sp³-hybridized carbons (Fsp3) is 0.583. The van der Waals surface area contributed by atoms with Crippen LogP contribution in [0.4, 0.5) is 0 Å². The predicted octanol–water partition coefficient (Wildman–Crippen LogP) is 0.762. The van der Waals surface area contributed by atoms with Gasteiger partial charge in [0, 0.05) is 18.8 Å². The van der Waals surface area contributed by atoms with Gasteiger partial charge in [0.15, 0.2) is 9.84 Å². The lowest BCUT2D eigenvalue weighted by molar-refractivity contribution is 0.458. The van der Waals surface area contributed by atoms with Crippen LogP contribution >= 0.6 is 0 Å². The van der Waals surface area contributed by atoms with E-state index in [1.54, 1.807) is 12.1 Å². The summed E-state index contributed by atoms with van der Waals surface area (Å²) < 4.78 is 23.2. The Kier molecular flexibility index (Phi) is 3.87. The van der Waals surface area contributed by atoms with Gasteiger partial charge in [-0.25, -0.2) is 8.42 Å². The van der Waals surface area contributed by atoms with Crippen LogP contribution in [0.15, 0.2) is 12.1 Å². The average molecular weight is 270 g/mol. The topological polar surface area (TPSA) is 79.3 Å². The number of aromatic hydroxyl groups is 1. The molecular formula is C12H18N2O3S. The van der Waals surface area contributed by atoms with Gasteiger partial charge < -0.3 is 10.4 Å². The first-order valence-electron chi connectivity index (χ1n) is 6.07. The molecule has 0 radical (unpaired) electrons. The molecule has 1 saturated heterocycles. The highest BCUT2D eigenvalue weighted by Crippen LogP contribution is 2.19. The zero-order valence-corrected chi connectivity index (χ0v) is 11.2. The molecule has 1 fully saturated rings. The maximum atomic E-state index is 11.6. The van der Waals surface area contributed by atoms with Crippen LogP contribution in [0.5, 0.6) is 5.75 Å². The lowest BCUT2D eigenvalue weighted by Gasteiger charge is -2.11. The second-order valence-corrected chi connectivity index (χ2v) is 7.08. The van der Waals surface area contributed by atoms with E-state index >= 15 is 0 Å². The molecule has 2 N–H and O–H groups in total. The summed E-state index contributed by atoms with van der Waals surface area (Å²) in [5, 5.41) is 12.4. The molecule has 1 aliphatic heterocycles. The standard InChI is InChI=1S/C12H18N2O3S/c1-9-4-5-12(15)11(14-9)8-13-7-10-3-2-6-18(10,16)17/h4-5,10,13,15H,2-3,6-8H2,1H3. The predicted molar refractivity (Wildman–Crippen MR) is 69.2 cm³/mol. The van der Waals surface area contributed by atoms with Crippen molar-refractivity contribution in [1.82, 2.24) is 10.3 Å². The maximum Gasteiger partial charge on any atom is 0.154 e. The van der Waals surface area contributed by atoms with Crippen molar-refractivity contribution in [2.24, 2.45) is 0 Å². The SMILES string of the molecule is Cc1ccc(O)c(CNCC2CCCS2(=O)=O)n1. The van der Waals surface area contributed by atoms with Crippen LogP contribution in [0.25, 0.3) is 0 Å². The van der Waals surface area contributed by atoms with Gasteiger partial charge in [0.1, 0.15) is 5.75 Å². The molecule has 100 valence electrons. The Hall–Kier alpha value is -1.14. The second kappa shape index (κ2) is 5.24. The van der Waals surface area contributed by atoms with Crippen molar-refractivity contribution >= 4 is 9.84 Å². The van der Waals surface area contributed by atoms with E-state index in [0.29, 0.717) is 24.5 Å². The quantitative estimate of drug-likeness (QED) is 0.844. The Morgan fingerprint density at radius 1 is 1.50 bits per heavy atom. The van der Waals surface area contributed by atoms with Crippen LogP contribution in [-0.2, 0) is 16.4 Å². The van der Waals surface area contributed by atoms with Crippen LogP contribution in [0.1, 0.15) is 24.2 Å². The Balaban J connectivity index is 1.91. The molecule has 2 rings (SSSR count). The van der Waals surface area contributed by atoms with Crippen molar-refractivity contribution < 1.29 is 13.5 Å². The second-order valence-electron chi connectivity index (χ2n) is 4.68. The van der Waals surface area contributed by atoms with E-state index in [9.17, 15) is 13.5 Å². The number of nitrogens with zero attached hydrogens (tertiary/aromatic N) is 1. The van der Waals surface area contributed by atoms with Gasteiger partial charge in [-0.15, -0.1) is 0 Å². The van der Waals surface area contributed by atoms with E-state index in [4.69, 9.17) is 0 Å². The first kappa shape index (κ1) is 13.3. The molecule has 0 saturated carbocycles. The van der Waals surface area contributed by atoms with Crippen LogP contribution in [0.2, 0.25) is 0 Å². The third-order valence-electron chi connectivity index (χ3n) is 3.22. The molecule has 0 aromatic carbocycles. The van der Waals surface area contributed by atoms with E-state index in [-0.39, 0.29) is 11.0 Å². The third-order valence-corrected chi connectivity index (χ3v) is 5.49. The average Bonchev–Trinajstić information content (AvgIpc) is 2.63. The van der Waals surface area contributed by atoms with Crippen molar-refractivity contribution in [2.75, 3.05) is 12.3 Å². The van der Waals surface area contributed by atoms with Gasteiger partial charge in [0.2, 0.25) is 0 Å². The molecule has 0 spiro atoms. The summed E-state index contributed by atoms with van der Waals surface area (Å²) in [7, 11) is -2.91. The summed E-state index contributed by atoms with van der Waals surface area (Å²) in [6.45, 7) is 2.67. The van der Waals surface area contributed by atoms with Gasteiger partial charge in [-0.1, -0.05) is 0 Å². The Morgan fingerprint density at radius 2 is 2.28 bits per heavy atom. The minimum atomic E-state index is -2.91. The maximum absolute atomic E-state index is 11.6. The summed E-state index contributed by atoms with van der Waals surface area (Å²) in [6, 6.07) is 3.34. The van der Waals surface area contributed by atoms with Crippen LogP contribution in [0, 0.1) is 6.92 Å². The highest BCUT2D eigenvalue weighted by Gasteiger charge is 2.30. The van der Waals surface area contributed by atoms with Crippen molar-refractivity contribution in [1.29, 1.82) is 0 Å². The van der Waals surface area contributed by atoms with E-state index in [2.05, 4.69) is 10.3 Å². The molecule has 1 aromatic rings. The number of rotatable bonds is 4. The fourth-order valence-corrected chi connectivity index (χ4v) is 3.97. The Labute approximate surface area is 107 Å². The first-order valence-corrected chi connectivity index (χ1v) is 7.78. The van der Waals surface area contributed by atoms with Crippen LogP contribution in [0.3, 0.4) is 0 Å². The minimum absolute atomic E-state index is 0.141. The van der Waals surface area contributed by atoms with Gasteiger partial charge in [-0.2, -0.15) is 0 Å². The minimum Gasteiger partial charge on any atom is -0.506 e. The Morgan fingerprint density at radius 3 is 2.94 bits per heavy atom. The summed E-state index contributed by atoms with van der Waals surface area (Å²) in [5.41, 5.74) is 1.39. The molecule has 6 heteroatoms. The molecule has 2 heterocycles. The fourth-order valence-electron chi connectivity index (χ4n) is 2.17. The summed E-state index contributed by atoms with van der Waals surface area (Å²) in [6.07, 6.45) is 1.48. The van der Waals surface area contributed by atoms with E-state index < -0.39 is 9.84 Å². The molecular weight excluding hydrogens is 252 g/mol. The van der Waals surface area contributed by atoms with Crippen molar-refractivity contribution in [2.45, 2.75) is 31.6 Å². The highest BCUT2D eigenvalue weighted by atomic mass is 32.2. The van der Waals surface area contributed by atoms with Crippen molar-refractivity contribution in [3.63, 3.8) is 0 Å². The van der Waals surface area contributed by atoms with Crippen LogP contribution in [-0.4, -0.2) is 36.1 Å². The van der Waals surface area contributed by atoms with Gasteiger partial charge >= 0.3 is 0 Å². The zero-order valence-electron chi connectivity index (χ0n) is 10.4. The molecule has 1 atom stereocenters. The summed E-state index contributed by atoms with van der Waals surface area (Å²) >= 11 is 0. The number of nitrogens with one attached hydrogen (secondary N) is 1. The molecule has 18 heavy (non-hydrogen) atoms. The smallest absolute Gasteiger partial charge is 0.154 e. The van der Waals surface area contributed by atoms with E-state index in [1.807, 2.05) is 6.92 Å². The molecule has 1 aliphatic rings. The zero-order chi connectivity index (χ0) is 13.2. The summed E-state index contributed by atoms with van der Waals surface area (Å²) in [4.78, 5) is 4.21. The van der Waals surface area contributed by atoms with Crippen molar-refractivity contribution in [3.05, 3.63) is 23.5 Å². The molecule has 1 aromatic heterocycles. The van der Waals surface area contributed by atoms with Crippen LogP contribution < -0.4 is 5.32 Å². The van der Waals surface area contributed by atoms with E-state index in [0.717, 1.165) is 18.5 Å². The third kappa shape index (κ3) is 3.00. The molecule has 0 bridgehead atoms. The number of hydrogen-bond acceptors (Lipinski definition) is 5. The number of pyridine rings is 1. The molecule has 5 nitrogen and oxygen atoms in total. The van der Waals surface area contributed by atoms with Gasteiger partial charge in [-0.05, 0) is 31.9 Å². The summed E-state index contributed by atoms with van der Waals surface area (Å²) in [5.74, 6) is 0.440. The molecule has 0 amide bonds. The first-order chi connectivity index (χ1) is 8.49. The molecule has 1 unspecified atom stereocenters.